The van der Waals surface area contributed by atoms with Crippen molar-refractivity contribution in [1.82, 2.24) is 9.88 Å². The number of anilines is 1. The average molecular weight is 458 g/mol. The van der Waals surface area contributed by atoms with Crippen molar-refractivity contribution >= 4 is 50.3 Å². The first-order valence-corrected chi connectivity index (χ1v) is 11.3. The van der Waals surface area contributed by atoms with Gasteiger partial charge in [-0.1, -0.05) is 41.1 Å². The molecule has 162 valence electrons. The van der Waals surface area contributed by atoms with Crippen LogP contribution in [0.15, 0.2) is 42.5 Å². The van der Waals surface area contributed by atoms with Crippen LogP contribution in [0.2, 0.25) is 5.02 Å². The van der Waals surface area contributed by atoms with Gasteiger partial charge in [-0.25, -0.2) is 4.98 Å². The fourth-order valence-electron chi connectivity index (χ4n) is 3.27. The van der Waals surface area contributed by atoms with E-state index in [2.05, 4.69) is 4.90 Å². The van der Waals surface area contributed by atoms with E-state index < -0.39 is 0 Å². The van der Waals surface area contributed by atoms with Crippen molar-refractivity contribution in [1.29, 1.82) is 0 Å². The van der Waals surface area contributed by atoms with E-state index in [1.165, 1.54) is 11.3 Å². The lowest BCUT2D eigenvalue weighted by atomic mass is 10.2. The molecule has 0 spiro atoms. The first kappa shape index (κ1) is 21.6. The van der Waals surface area contributed by atoms with Gasteiger partial charge in [-0.2, -0.15) is 0 Å². The van der Waals surface area contributed by atoms with Crippen molar-refractivity contribution in [2.75, 3.05) is 45.3 Å². The number of fused-ring (bicyclic) bond motifs is 2. The van der Waals surface area contributed by atoms with E-state index in [4.69, 9.17) is 26.1 Å². The summed E-state index contributed by atoms with van der Waals surface area (Å²) in [4.78, 5) is 21.7. The van der Waals surface area contributed by atoms with Crippen molar-refractivity contribution in [3.63, 3.8) is 0 Å². The molecular formula is C23H24ClN3O3S. The lowest BCUT2D eigenvalue weighted by Gasteiger charge is -2.19. The van der Waals surface area contributed by atoms with Crippen LogP contribution in [0.4, 0.5) is 5.13 Å². The number of amides is 1. The molecule has 1 aromatic heterocycles. The van der Waals surface area contributed by atoms with Crippen molar-refractivity contribution in [2.24, 2.45) is 0 Å². The van der Waals surface area contributed by atoms with Crippen LogP contribution in [0.5, 0.6) is 11.5 Å². The van der Waals surface area contributed by atoms with Crippen LogP contribution < -0.4 is 14.4 Å². The Labute approximate surface area is 190 Å². The number of aromatic nitrogens is 1. The second kappa shape index (κ2) is 9.68. The fraction of sp³-hybridized carbons (Fsp3) is 0.304. The van der Waals surface area contributed by atoms with Gasteiger partial charge in [0.05, 0.1) is 10.2 Å². The van der Waals surface area contributed by atoms with Gasteiger partial charge in [0.2, 0.25) is 0 Å². The molecule has 2 aromatic carbocycles. The molecule has 0 unspecified atom stereocenters. The Balaban J connectivity index is 1.62. The molecule has 31 heavy (non-hydrogen) atoms. The molecule has 0 fully saturated rings. The largest absolute Gasteiger partial charge is 0.486 e. The summed E-state index contributed by atoms with van der Waals surface area (Å²) >= 11 is 7.70. The maximum absolute atomic E-state index is 13.1. The molecule has 6 nitrogen and oxygen atoms in total. The molecule has 4 rings (SSSR count). The normalized spacial score (nSPS) is 13.3. The van der Waals surface area contributed by atoms with Crippen LogP contribution >= 0.6 is 22.9 Å². The molecule has 1 amide bonds. The number of carbonyl (C=O) groups is 1. The molecule has 2 heterocycles. The van der Waals surface area contributed by atoms with Crippen LogP contribution in [0.3, 0.4) is 0 Å². The first-order valence-electron chi connectivity index (χ1n) is 10.1. The Kier molecular flexibility index (Phi) is 6.75. The Hall–Kier alpha value is -2.61. The van der Waals surface area contributed by atoms with Gasteiger partial charge < -0.3 is 14.4 Å². The number of hydrogen-bond donors (Lipinski definition) is 0. The van der Waals surface area contributed by atoms with E-state index in [1.807, 2.05) is 44.4 Å². The van der Waals surface area contributed by atoms with Crippen LogP contribution in [0.1, 0.15) is 12.0 Å². The second-order valence-electron chi connectivity index (χ2n) is 7.46. The number of thiazole rings is 1. The summed E-state index contributed by atoms with van der Waals surface area (Å²) in [6.07, 6.45) is 4.13. The SMILES string of the molecule is CN(C)CCCN(C(=O)C=Cc1ccccc1Cl)c1nc2cc3c(cc2s1)OCCO3. The summed E-state index contributed by atoms with van der Waals surface area (Å²) in [5.74, 6) is 1.28. The molecule has 1 aliphatic heterocycles. The maximum atomic E-state index is 13.1. The minimum Gasteiger partial charge on any atom is -0.486 e. The highest BCUT2D eigenvalue weighted by Crippen LogP contribution is 2.38. The van der Waals surface area contributed by atoms with E-state index in [-0.39, 0.29) is 5.91 Å². The van der Waals surface area contributed by atoms with Crippen molar-refractivity contribution in [2.45, 2.75) is 6.42 Å². The van der Waals surface area contributed by atoms with Gasteiger partial charge in [0, 0.05) is 29.8 Å². The number of nitrogens with zero attached hydrogens (tertiary/aromatic N) is 3. The third-order valence-corrected chi connectivity index (χ3v) is 6.22. The highest BCUT2D eigenvalue weighted by Gasteiger charge is 2.20. The zero-order valence-corrected chi connectivity index (χ0v) is 19.1. The molecule has 0 radical (unpaired) electrons. The quantitative estimate of drug-likeness (QED) is 0.480. The number of halogens is 1. The predicted octanol–water partition coefficient (Wildman–Crippen LogP) is 4.72. The summed E-state index contributed by atoms with van der Waals surface area (Å²) in [5, 5.41) is 1.26. The number of rotatable bonds is 7. The standard InChI is InChI=1S/C23H24ClN3O3S/c1-26(2)10-5-11-27(22(28)9-8-16-6-3-4-7-17(16)24)23-25-18-14-19-20(15-21(18)31-23)30-13-12-29-19/h3-4,6-9,14-15H,5,10-13H2,1-2H3. The zero-order valence-electron chi connectivity index (χ0n) is 17.5. The monoisotopic (exact) mass is 457 g/mol. The molecule has 3 aromatic rings. The van der Waals surface area contributed by atoms with Crippen LogP contribution in [0.25, 0.3) is 16.3 Å². The molecule has 0 N–H and O–H groups in total. The first-order chi connectivity index (χ1) is 15.0. The predicted molar refractivity (Wildman–Crippen MR) is 127 cm³/mol. The molecule has 0 bridgehead atoms. The maximum Gasteiger partial charge on any atom is 0.252 e. The molecule has 0 atom stereocenters. The van der Waals surface area contributed by atoms with Crippen molar-refractivity contribution < 1.29 is 14.3 Å². The Morgan fingerprint density at radius 3 is 2.65 bits per heavy atom. The number of hydrogen-bond acceptors (Lipinski definition) is 6. The van der Waals surface area contributed by atoms with Gasteiger partial charge in [-0.05, 0) is 44.8 Å². The number of carbonyl (C=O) groups excluding carboxylic acids is 1. The Morgan fingerprint density at radius 1 is 1.16 bits per heavy atom. The summed E-state index contributed by atoms with van der Waals surface area (Å²) in [6, 6.07) is 11.3. The van der Waals surface area contributed by atoms with E-state index in [0.717, 1.165) is 34.5 Å². The molecule has 0 saturated heterocycles. The van der Waals surface area contributed by atoms with Crippen LogP contribution in [-0.4, -0.2) is 56.2 Å². The molecule has 8 heteroatoms. The van der Waals surface area contributed by atoms with Crippen molar-refractivity contribution in [3.8, 4) is 11.5 Å². The molecule has 0 saturated carbocycles. The highest BCUT2D eigenvalue weighted by molar-refractivity contribution is 7.22. The van der Waals surface area contributed by atoms with Gasteiger partial charge in [-0.15, -0.1) is 0 Å². The average Bonchev–Trinajstić information content (AvgIpc) is 3.16. The Bertz CT molecular complexity index is 1070. The molecular weight excluding hydrogens is 434 g/mol. The number of ether oxygens (including phenoxy) is 2. The smallest absolute Gasteiger partial charge is 0.252 e. The summed E-state index contributed by atoms with van der Waals surface area (Å²) in [5.41, 5.74) is 1.60. The number of benzene rings is 2. The summed E-state index contributed by atoms with van der Waals surface area (Å²) in [6.45, 7) is 2.50. The second-order valence-corrected chi connectivity index (χ2v) is 8.88. The van der Waals surface area contributed by atoms with Gasteiger partial charge in [-0.3, -0.25) is 9.69 Å². The Morgan fingerprint density at radius 2 is 1.90 bits per heavy atom. The lowest BCUT2D eigenvalue weighted by Crippen LogP contribution is -2.32. The van der Waals surface area contributed by atoms with Gasteiger partial charge in [0.1, 0.15) is 13.2 Å². The molecule has 1 aliphatic rings. The summed E-state index contributed by atoms with van der Waals surface area (Å²) in [7, 11) is 4.04. The zero-order chi connectivity index (χ0) is 21.8. The van der Waals surface area contributed by atoms with E-state index in [1.54, 1.807) is 23.1 Å². The highest BCUT2D eigenvalue weighted by atomic mass is 35.5. The fourth-order valence-corrected chi connectivity index (χ4v) is 4.48. The van der Waals surface area contributed by atoms with Gasteiger partial charge in [0.15, 0.2) is 16.6 Å². The van der Waals surface area contributed by atoms with Crippen LogP contribution in [-0.2, 0) is 4.79 Å². The van der Waals surface area contributed by atoms with Gasteiger partial charge >= 0.3 is 0 Å². The summed E-state index contributed by atoms with van der Waals surface area (Å²) < 4.78 is 12.3. The third kappa shape index (κ3) is 5.18. The van der Waals surface area contributed by atoms with E-state index >= 15 is 0 Å². The topological polar surface area (TPSA) is 54.9 Å². The van der Waals surface area contributed by atoms with E-state index in [0.29, 0.717) is 35.7 Å². The minimum atomic E-state index is -0.130. The lowest BCUT2D eigenvalue weighted by molar-refractivity contribution is -0.114. The van der Waals surface area contributed by atoms with E-state index in [9.17, 15) is 4.79 Å². The van der Waals surface area contributed by atoms with Crippen LogP contribution in [0, 0.1) is 0 Å². The van der Waals surface area contributed by atoms with Crippen molar-refractivity contribution in [3.05, 3.63) is 53.1 Å². The molecule has 0 aliphatic carbocycles. The van der Waals surface area contributed by atoms with Gasteiger partial charge in [0.25, 0.3) is 5.91 Å². The minimum absolute atomic E-state index is 0.130. The third-order valence-electron chi connectivity index (χ3n) is 4.84.